The molecule has 1 aromatic carbocycles. The van der Waals surface area contributed by atoms with Crippen LogP contribution in [0.4, 0.5) is 0 Å². The Morgan fingerprint density at radius 1 is 1.24 bits per heavy atom. The highest BCUT2D eigenvalue weighted by atomic mass is 16.4. The first kappa shape index (κ1) is 11.9. The lowest BCUT2D eigenvalue weighted by molar-refractivity contribution is -0.144. The van der Waals surface area contributed by atoms with E-state index >= 15 is 0 Å². The van der Waals surface area contributed by atoms with Gasteiger partial charge < -0.3 is 10.2 Å². The summed E-state index contributed by atoms with van der Waals surface area (Å²) in [5, 5.41) is 18.8. The zero-order valence-corrected chi connectivity index (χ0v) is 9.67. The predicted molar refractivity (Wildman–Crippen MR) is 63.9 cm³/mol. The summed E-state index contributed by atoms with van der Waals surface area (Å²) in [5.74, 6) is -0.733. The maximum absolute atomic E-state index is 11.4. The van der Waals surface area contributed by atoms with E-state index in [1.54, 1.807) is 18.2 Å². The Hall–Kier alpha value is -1.55. The van der Waals surface area contributed by atoms with Gasteiger partial charge in [-0.15, -0.1) is 0 Å². The van der Waals surface area contributed by atoms with Crippen LogP contribution < -0.4 is 0 Å². The minimum Gasteiger partial charge on any atom is -0.508 e. The van der Waals surface area contributed by atoms with Crippen molar-refractivity contribution in [2.24, 2.45) is 0 Å². The Kier molecular flexibility index (Phi) is 3.64. The topological polar surface area (TPSA) is 60.8 Å². The third kappa shape index (κ3) is 2.77. The number of nitrogens with zero attached hydrogens (tertiary/aromatic N) is 1. The van der Waals surface area contributed by atoms with Crippen molar-refractivity contribution in [2.45, 2.75) is 25.3 Å². The fourth-order valence-electron chi connectivity index (χ4n) is 2.38. The van der Waals surface area contributed by atoms with Crippen LogP contribution >= 0.6 is 0 Å². The number of benzene rings is 1. The van der Waals surface area contributed by atoms with Crippen LogP contribution in [-0.4, -0.2) is 34.2 Å². The number of aliphatic carboxylic acids is 1. The highest BCUT2D eigenvalue weighted by Crippen LogP contribution is 2.26. The quantitative estimate of drug-likeness (QED) is 0.841. The van der Waals surface area contributed by atoms with E-state index in [1.165, 1.54) is 12.5 Å². The summed E-state index contributed by atoms with van der Waals surface area (Å²) in [7, 11) is 0. The third-order valence-electron chi connectivity index (χ3n) is 3.18. The fraction of sp³-hybridized carbons (Fsp3) is 0.462. The molecule has 0 spiro atoms. The highest BCUT2D eigenvalue weighted by molar-refractivity contribution is 5.75. The number of carbonyl (C=O) groups is 1. The molecule has 1 heterocycles. The van der Waals surface area contributed by atoms with Crippen LogP contribution in [0.5, 0.6) is 5.75 Å². The average Bonchev–Trinajstić information content (AvgIpc) is 2.30. The molecular weight excluding hydrogens is 218 g/mol. The molecule has 0 bridgehead atoms. The van der Waals surface area contributed by atoms with E-state index in [1.807, 2.05) is 4.90 Å². The summed E-state index contributed by atoms with van der Waals surface area (Å²) in [5.41, 5.74) is 0.652. The van der Waals surface area contributed by atoms with Crippen molar-refractivity contribution in [3.8, 4) is 5.75 Å². The number of hydrogen-bond acceptors (Lipinski definition) is 3. The van der Waals surface area contributed by atoms with Crippen molar-refractivity contribution in [2.75, 3.05) is 13.1 Å². The highest BCUT2D eigenvalue weighted by Gasteiger charge is 2.28. The third-order valence-corrected chi connectivity index (χ3v) is 3.18. The van der Waals surface area contributed by atoms with Gasteiger partial charge in [0.05, 0.1) is 0 Å². The van der Waals surface area contributed by atoms with Crippen molar-refractivity contribution in [3.63, 3.8) is 0 Å². The second-order valence-corrected chi connectivity index (χ2v) is 4.43. The molecule has 1 saturated heterocycles. The Labute approximate surface area is 100 Å². The van der Waals surface area contributed by atoms with E-state index in [2.05, 4.69) is 0 Å². The zero-order valence-electron chi connectivity index (χ0n) is 9.67. The monoisotopic (exact) mass is 235 g/mol. The van der Waals surface area contributed by atoms with Crippen LogP contribution in [0.3, 0.4) is 0 Å². The number of piperidine rings is 1. The van der Waals surface area contributed by atoms with Crippen LogP contribution in [0.1, 0.15) is 30.9 Å². The number of phenols is 1. The molecular formula is C13H17NO3. The molecule has 0 aromatic heterocycles. The SMILES string of the molecule is O=C(O)C(c1cccc(O)c1)N1CCCCC1. The first-order valence-electron chi connectivity index (χ1n) is 5.94. The Morgan fingerprint density at radius 2 is 1.94 bits per heavy atom. The van der Waals surface area contributed by atoms with E-state index < -0.39 is 12.0 Å². The van der Waals surface area contributed by atoms with Gasteiger partial charge in [0.15, 0.2) is 0 Å². The van der Waals surface area contributed by atoms with Gasteiger partial charge in [-0.25, -0.2) is 0 Å². The van der Waals surface area contributed by atoms with Crippen molar-refractivity contribution in [3.05, 3.63) is 29.8 Å². The molecule has 1 aliphatic heterocycles. The van der Waals surface area contributed by atoms with E-state index in [4.69, 9.17) is 0 Å². The minimum atomic E-state index is -0.850. The van der Waals surface area contributed by atoms with Crippen LogP contribution in [0, 0.1) is 0 Å². The maximum atomic E-state index is 11.4. The standard InChI is InChI=1S/C13H17NO3/c15-11-6-4-5-10(9-11)12(13(16)17)14-7-2-1-3-8-14/h4-6,9,12,15H,1-3,7-8H2,(H,16,17). The molecule has 4 nitrogen and oxygen atoms in total. The number of rotatable bonds is 3. The number of phenolic OH excluding ortho intramolecular Hbond substituents is 1. The van der Waals surface area contributed by atoms with Gasteiger partial charge in [-0.3, -0.25) is 9.69 Å². The molecule has 1 aromatic rings. The lowest BCUT2D eigenvalue weighted by Gasteiger charge is -2.32. The van der Waals surface area contributed by atoms with Gasteiger partial charge in [-0.2, -0.15) is 0 Å². The average molecular weight is 235 g/mol. The number of likely N-dealkylation sites (tertiary alicyclic amines) is 1. The summed E-state index contributed by atoms with van der Waals surface area (Å²) in [6, 6.07) is 5.89. The van der Waals surface area contributed by atoms with Crippen molar-refractivity contribution < 1.29 is 15.0 Å². The molecule has 2 rings (SSSR count). The first-order chi connectivity index (χ1) is 8.18. The second-order valence-electron chi connectivity index (χ2n) is 4.43. The van der Waals surface area contributed by atoms with Gasteiger partial charge in [0.2, 0.25) is 0 Å². The number of aromatic hydroxyl groups is 1. The lowest BCUT2D eigenvalue weighted by atomic mass is 10.0. The molecule has 1 fully saturated rings. The summed E-state index contributed by atoms with van der Waals surface area (Å²) < 4.78 is 0. The Balaban J connectivity index is 2.25. The van der Waals surface area contributed by atoms with Crippen molar-refractivity contribution in [1.29, 1.82) is 0 Å². The first-order valence-corrected chi connectivity index (χ1v) is 5.94. The van der Waals surface area contributed by atoms with Gasteiger partial charge in [0.25, 0.3) is 0 Å². The molecule has 1 unspecified atom stereocenters. The molecule has 0 saturated carbocycles. The predicted octanol–water partition coefficient (Wildman–Crippen LogP) is 2.00. The van der Waals surface area contributed by atoms with Crippen LogP contribution in [0.15, 0.2) is 24.3 Å². The minimum absolute atomic E-state index is 0.116. The normalized spacial score (nSPS) is 18.8. The largest absolute Gasteiger partial charge is 0.508 e. The Bertz CT molecular complexity index is 399. The van der Waals surface area contributed by atoms with Crippen LogP contribution in [-0.2, 0) is 4.79 Å². The lowest BCUT2D eigenvalue weighted by Crippen LogP contribution is -2.37. The molecule has 0 amide bonds. The molecule has 0 radical (unpaired) electrons. The zero-order chi connectivity index (χ0) is 12.3. The molecule has 92 valence electrons. The van der Waals surface area contributed by atoms with Gasteiger partial charge in [-0.05, 0) is 43.6 Å². The summed E-state index contributed by atoms with van der Waals surface area (Å²) in [6.45, 7) is 1.62. The van der Waals surface area contributed by atoms with E-state index in [-0.39, 0.29) is 5.75 Å². The summed E-state index contributed by atoms with van der Waals surface area (Å²) in [6.07, 6.45) is 3.26. The van der Waals surface area contributed by atoms with Crippen LogP contribution in [0.25, 0.3) is 0 Å². The molecule has 1 atom stereocenters. The molecule has 17 heavy (non-hydrogen) atoms. The van der Waals surface area contributed by atoms with Crippen molar-refractivity contribution >= 4 is 5.97 Å². The van der Waals surface area contributed by atoms with E-state index in [9.17, 15) is 15.0 Å². The summed E-state index contributed by atoms with van der Waals surface area (Å²) in [4.78, 5) is 13.4. The Morgan fingerprint density at radius 3 is 2.53 bits per heavy atom. The van der Waals surface area contributed by atoms with Gasteiger partial charge >= 0.3 is 5.97 Å². The number of carboxylic acid groups (broad SMARTS) is 1. The van der Waals surface area contributed by atoms with Gasteiger partial charge in [0.1, 0.15) is 11.8 Å². The number of carboxylic acids is 1. The van der Waals surface area contributed by atoms with Crippen LogP contribution in [0.2, 0.25) is 0 Å². The van der Waals surface area contributed by atoms with Crippen molar-refractivity contribution in [1.82, 2.24) is 4.90 Å². The van der Waals surface area contributed by atoms with Gasteiger partial charge in [0, 0.05) is 0 Å². The van der Waals surface area contributed by atoms with E-state index in [0.717, 1.165) is 25.9 Å². The molecule has 0 aliphatic carbocycles. The smallest absolute Gasteiger partial charge is 0.325 e. The number of hydrogen-bond donors (Lipinski definition) is 2. The maximum Gasteiger partial charge on any atom is 0.325 e. The molecule has 1 aliphatic rings. The fourth-order valence-corrected chi connectivity index (χ4v) is 2.38. The molecule has 2 N–H and O–H groups in total. The summed E-state index contributed by atoms with van der Waals surface area (Å²) >= 11 is 0. The van der Waals surface area contributed by atoms with Gasteiger partial charge in [-0.1, -0.05) is 18.6 Å². The van der Waals surface area contributed by atoms with E-state index in [0.29, 0.717) is 5.56 Å². The second kappa shape index (κ2) is 5.19. The molecule has 4 heteroatoms.